The summed E-state index contributed by atoms with van der Waals surface area (Å²) in [6.45, 7) is 5.47. The molecule has 2 N–H and O–H groups in total. The SMILES string of the molecule is CCOC(=O)[C@H](Cc1ccc(OC(=O)C2CCNCC2)cc1)NC(=O)[C@@H]1CCCN1S(=O)(=O)c1ccc(C)cc1. The first-order valence-corrected chi connectivity index (χ1v) is 15.2. The molecule has 0 aromatic heterocycles. The van der Waals surface area contributed by atoms with Crippen molar-refractivity contribution < 1.29 is 32.3 Å². The minimum absolute atomic E-state index is 0.126. The normalized spacial score (nSPS) is 19.1. The van der Waals surface area contributed by atoms with Crippen LogP contribution in [0.1, 0.15) is 43.7 Å². The summed E-state index contributed by atoms with van der Waals surface area (Å²) < 4.78 is 38.5. The Bertz CT molecular complexity index is 1290. The van der Waals surface area contributed by atoms with Crippen molar-refractivity contribution in [2.75, 3.05) is 26.2 Å². The zero-order valence-corrected chi connectivity index (χ0v) is 23.7. The molecule has 2 aromatic rings. The third-order valence-corrected chi connectivity index (χ3v) is 9.20. The number of amides is 1. The lowest BCUT2D eigenvalue weighted by molar-refractivity contribution is -0.147. The lowest BCUT2D eigenvalue weighted by Crippen LogP contribution is -2.51. The maximum absolute atomic E-state index is 13.3. The molecule has 4 rings (SSSR count). The minimum Gasteiger partial charge on any atom is -0.464 e. The second-order valence-electron chi connectivity index (χ2n) is 10.2. The standard InChI is InChI=1S/C29H37N3O7S/c1-3-38-29(35)25(19-21-8-10-23(11-9-21)39-28(34)22-14-16-30-17-15-22)31-27(33)26-5-4-18-32(26)40(36,37)24-12-6-20(2)7-13-24/h6-13,22,25-26,30H,3-5,14-19H2,1-2H3,(H,31,33)/t25-,26-/m0/s1. The summed E-state index contributed by atoms with van der Waals surface area (Å²) in [5, 5.41) is 5.95. The van der Waals surface area contributed by atoms with E-state index in [1.165, 1.54) is 16.4 Å². The highest BCUT2D eigenvalue weighted by molar-refractivity contribution is 7.89. The van der Waals surface area contributed by atoms with Gasteiger partial charge in [0.25, 0.3) is 0 Å². The van der Waals surface area contributed by atoms with Crippen molar-refractivity contribution in [1.29, 1.82) is 0 Å². The van der Waals surface area contributed by atoms with Crippen LogP contribution < -0.4 is 15.4 Å². The second-order valence-corrected chi connectivity index (χ2v) is 12.1. The molecule has 2 saturated heterocycles. The minimum atomic E-state index is -3.89. The van der Waals surface area contributed by atoms with Gasteiger partial charge in [-0.1, -0.05) is 29.8 Å². The third kappa shape index (κ3) is 7.26. The molecular weight excluding hydrogens is 534 g/mol. The van der Waals surface area contributed by atoms with Gasteiger partial charge in [0, 0.05) is 13.0 Å². The van der Waals surface area contributed by atoms with Gasteiger partial charge in [-0.3, -0.25) is 9.59 Å². The molecule has 0 saturated carbocycles. The molecule has 11 heteroatoms. The van der Waals surface area contributed by atoms with Crippen LogP contribution in [0, 0.1) is 12.8 Å². The third-order valence-electron chi connectivity index (χ3n) is 7.28. The number of piperidine rings is 1. The van der Waals surface area contributed by atoms with E-state index in [1.54, 1.807) is 43.3 Å². The molecule has 0 spiro atoms. The fourth-order valence-corrected chi connectivity index (χ4v) is 6.68. The van der Waals surface area contributed by atoms with E-state index in [1.807, 2.05) is 6.92 Å². The van der Waals surface area contributed by atoms with E-state index in [0.717, 1.165) is 37.1 Å². The largest absolute Gasteiger partial charge is 0.464 e. The van der Waals surface area contributed by atoms with E-state index in [-0.39, 0.29) is 36.4 Å². The first-order valence-electron chi connectivity index (χ1n) is 13.8. The number of hydrogen-bond acceptors (Lipinski definition) is 8. The van der Waals surface area contributed by atoms with Crippen molar-refractivity contribution in [3.05, 3.63) is 59.7 Å². The van der Waals surface area contributed by atoms with E-state index in [9.17, 15) is 22.8 Å². The van der Waals surface area contributed by atoms with Gasteiger partial charge in [-0.05, 0) is 82.4 Å². The number of esters is 2. The number of sulfonamides is 1. The van der Waals surface area contributed by atoms with Gasteiger partial charge < -0.3 is 20.1 Å². The lowest BCUT2D eigenvalue weighted by atomic mass is 9.98. The number of hydrogen-bond donors (Lipinski definition) is 2. The van der Waals surface area contributed by atoms with Crippen LogP contribution in [0.3, 0.4) is 0 Å². The van der Waals surface area contributed by atoms with Crippen molar-refractivity contribution in [2.24, 2.45) is 5.92 Å². The summed E-state index contributed by atoms with van der Waals surface area (Å²) in [5.41, 5.74) is 1.65. The summed E-state index contributed by atoms with van der Waals surface area (Å²) in [4.78, 5) is 38.7. The maximum Gasteiger partial charge on any atom is 0.328 e. The van der Waals surface area contributed by atoms with E-state index in [4.69, 9.17) is 9.47 Å². The molecule has 0 unspecified atom stereocenters. The van der Waals surface area contributed by atoms with Crippen LogP contribution in [-0.2, 0) is 35.6 Å². The maximum atomic E-state index is 13.3. The number of aryl methyl sites for hydroxylation is 1. The van der Waals surface area contributed by atoms with Gasteiger partial charge in [-0.25, -0.2) is 13.2 Å². The zero-order chi connectivity index (χ0) is 28.7. The Morgan fingerprint density at radius 1 is 1.02 bits per heavy atom. The van der Waals surface area contributed by atoms with Gasteiger partial charge in [0.1, 0.15) is 17.8 Å². The molecular formula is C29H37N3O7S. The molecule has 216 valence electrons. The molecule has 2 aliphatic heterocycles. The molecule has 2 aliphatic rings. The van der Waals surface area contributed by atoms with Crippen LogP contribution in [0.2, 0.25) is 0 Å². The molecule has 40 heavy (non-hydrogen) atoms. The molecule has 10 nitrogen and oxygen atoms in total. The quantitative estimate of drug-likeness (QED) is 0.328. The van der Waals surface area contributed by atoms with E-state index in [2.05, 4.69) is 10.6 Å². The smallest absolute Gasteiger partial charge is 0.328 e. The first kappa shape index (κ1) is 29.7. The first-order chi connectivity index (χ1) is 19.2. The number of rotatable bonds is 10. The van der Waals surface area contributed by atoms with E-state index in [0.29, 0.717) is 18.6 Å². The topological polar surface area (TPSA) is 131 Å². The van der Waals surface area contributed by atoms with Crippen LogP contribution in [-0.4, -0.2) is 68.9 Å². The van der Waals surface area contributed by atoms with Crippen LogP contribution in [0.25, 0.3) is 0 Å². The Morgan fingerprint density at radius 3 is 2.35 bits per heavy atom. The van der Waals surface area contributed by atoms with Crippen molar-refractivity contribution >= 4 is 27.9 Å². The molecule has 2 heterocycles. The molecule has 2 aromatic carbocycles. The predicted octanol–water partition coefficient (Wildman–Crippen LogP) is 2.34. The van der Waals surface area contributed by atoms with Crippen LogP contribution in [0.5, 0.6) is 5.75 Å². The summed E-state index contributed by atoms with van der Waals surface area (Å²) in [6.07, 6.45) is 2.49. The Morgan fingerprint density at radius 2 is 1.70 bits per heavy atom. The van der Waals surface area contributed by atoms with E-state index >= 15 is 0 Å². The van der Waals surface area contributed by atoms with Crippen molar-refractivity contribution in [3.8, 4) is 5.75 Å². The lowest BCUT2D eigenvalue weighted by Gasteiger charge is -2.25. The second kappa shape index (κ2) is 13.4. The van der Waals surface area contributed by atoms with E-state index < -0.39 is 34.0 Å². The number of nitrogens with one attached hydrogen (secondary N) is 2. The molecule has 1 amide bonds. The van der Waals surface area contributed by atoms with Gasteiger partial charge in [-0.2, -0.15) is 4.31 Å². The fraction of sp³-hybridized carbons (Fsp3) is 0.483. The Balaban J connectivity index is 1.43. The van der Waals surface area contributed by atoms with Crippen molar-refractivity contribution in [1.82, 2.24) is 14.9 Å². The Kier molecular flexibility index (Phi) is 9.94. The molecule has 0 bridgehead atoms. The molecule has 0 aliphatic carbocycles. The fourth-order valence-electron chi connectivity index (χ4n) is 5.03. The monoisotopic (exact) mass is 571 g/mol. The van der Waals surface area contributed by atoms with Crippen molar-refractivity contribution in [3.63, 3.8) is 0 Å². The van der Waals surface area contributed by atoms with Gasteiger partial charge in [-0.15, -0.1) is 0 Å². The molecule has 2 atom stereocenters. The molecule has 0 radical (unpaired) electrons. The Hall–Kier alpha value is -3.28. The van der Waals surface area contributed by atoms with Crippen molar-refractivity contribution in [2.45, 2.75) is 62.9 Å². The van der Waals surface area contributed by atoms with Gasteiger partial charge in [0.05, 0.1) is 17.4 Å². The van der Waals surface area contributed by atoms with Gasteiger partial charge in [0.15, 0.2) is 0 Å². The van der Waals surface area contributed by atoms with Crippen LogP contribution in [0.15, 0.2) is 53.4 Å². The zero-order valence-electron chi connectivity index (χ0n) is 22.9. The number of benzene rings is 2. The summed E-state index contributed by atoms with van der Waals surface area (Å²) in [6, 6.07) is 11.3. The van der Waals surface area contributed by atoms with Gasteiger partial charge >= 0.3 is 11.9 Å². The average Bonchev–Trinajstić information content (AvgIpc) is 3.46. The number of carbonyl (C=O) groups is 3. The average molecular weight is 572 g/mol. The number of nitrogens with zero attached hydrogens (tertiary/aromatic N) is 1. The highest BCUT2D eigenvalue weighted by Gasteiger charge is 2.40. The summed E-state index contributed by atoms with van der Waals surface area (Å²) >= 11 is 0. The highest BCUT2D eigenvalue weighted by atomic mass is 32.2. The summed E-state index contributed by atoms with van der Waals surface area (Å²) in [5.74, 6) is -1.13. The molecule has 2 fully saturated rings. The summed E-state index contributed by atoms with van der Waals surface area (Å²) in [7, 11) is -3.89. The predicted molar refractivity (Wildman–Crippen MR) is 148 cm³/mol. The number of carbonyl (C=O) groups excluding carboxylic acids is 3. The highest BCUT2D eigenvalue weighted by Crippen LogP contribution is 2.27. The van der Waals surface area contributed by atoms with Crippen LogP contribution >= 0.6 is 0 Å². The Labute approximate surface area is 235 Å². The number of ether oxygens (including phenoxy) is 2. The van der Waals surface area contributed by atoms with Crippen LogP contribution in [0.4, 0.5) is 0 Å². The van der Waals surface area contributed by atoms with Gasteiger partial charge in [0.2, 0.25) is 15.9 Å².